The second-order valence-electron chi connectivity index (χ2n) is 10.3. The summed E-state index contributed by atoms with van der Waals surface area (Å²) in [6, 6.07) is 26.1. The van der Waals surface area contributed by atoms with Crippen molar-refractivity contribution in [3.05, 3.63) is 101 Å². The van der Waals surface area contributed by atoms with E-state index in [0.717, 1.165) is 17.5 Å². The van der Waals surface area contributed by atoms with Crippen molar-refractivity contribution in [2.75, 3.05) is 5.32 Å². The van der Waals surface area contributed by atoms with Crippen molar-refractivity contribution in [1.82, 2.24) is 15.5 Å². The number of nitriles is 1. The summed E-state index contributed by atoms with van der Waals surface area (Å²) >= 11 is 0. The van der Waals surface area contributed by atoms with Crippen molar-refractivity contribution in [3.8, 4) is 6.07 Å². The standard InChI is InChI=1S/C31H34N6O2/c1-22(2)18-31(17-16-23-6-4-3-5-7-23)28(38)37(29(33)36-31)21-26-10-8-25(9-11-26)20-34-30(39)35-27-14-12-24(19-32)13-15-27/h3-15,22H,16-18,20-21H2,1-2H3,(H2,33,36)(H2,34,35,39). The Hall–Kier alpha value is -4.64. The van der Waals surface area contributed by atoms with Crippen LogP contribution in [0.2, 0.25) is 0 Å². The Bertz CT molecular complexity index is 1350. The molecular weight excluding hydrogens is 488 g/mol. The van der Waals surface area contributed by atoms with Crippen molar-refractivity contribution in [2.45, 2.75) is 51.7 Å². The number of nitrogens with one attached hydrogen (secondary N) is 4. The number of carbonyl (C=O) groups excluding carboxylic acids is 2. The quantitative estimate of drug-likeness (QED) is 0.294. The lowest BCUT2D eigenvalue weighted by molar-refractivity contribution is -0.132. The third-order valence-corrected chi connectivity index (χ3v) is 6.81. The maximum absolute atomic E-state index is 13.7. The number of guanidine groups is 1. The third-order valence-electron chi connectivity index (χ3n) is 6.81. The number of hydrogen-bond donors (Lipinski definition) is 4. The molecular formula is C31H34N6O2. The Labute approximate surface area is 229 Å². The molecule has 8 heteroatoms. The van der Waals surface area contributed by atoms with E-state index in [0.29, 0.717) is 43.1 Å². The van der Waals surface area contributed by atoms with Gasteiger partial charge in [0, 0.05) is 12.2 Å². The van der Waals surface area contributed by atoms with E-state index < -0.39 is 5.54 Å². The molecule has 1 aliphatic heterocycles. The number of anilines is 1. The highest BCUT2D eigenvalue weighted by molar-refractivity contribution is 6.07. The Morgan fingerprint density at radius 3 is 2.31 bits per heavy atom. The number of carbonyl (C=O) groups is 2. The van der Waals surface area contributed by atoms with Crippen molar-refractivity contribution in [1.29, 1.82) is 10.7 Å². The van der Waals surface area contributed by atoms with Crippen LogP contribution in [0.1, 0.15) is 48.9 Å². The zero-order valence-electron chi connectivity index (χ0n) is 22.3. The summed E-state index contributed by atoms with van der Waals surface area (Å²) in [5.41, 5.74) is 3.34. The predicted octanol–water partition coefficient (Wildman–Crippen LogP) is 5.16. The van der Waals surface area contributed by atoms with Gasteiger partial charge in [-0.1, -0.05) is 68.4 Å². The first-order valence-corrected chi connectivity index (χ1v) is 13.1. The van der Waals surface area contributed by atoms with Crippen molar-refractivity contribution in [3.63, 3.8) is 0 Å². The number of benzene rings is 3. The molecule has 1 heterocycles. The van der Waals surface area contributed by atoms with Gasteiger partial charge in [0.25, 0.3) is 5.91 Å². The van der Waals surface area contributed by atoms with E-state index in [-0.39, 0.29) is 17.9 Å². The van der Waals surface area contributed by atoms with Crippen LogP contribution in [0.15, 0.2) is 78.9 Å². The second-order valence-corrected chi connectivity index (χ2v) is 10.3. The van der Waals surface area contributed by atoms with Crippen LogP contribution in [-0.4, -0.2) is 28.3 Å². The first kappa shape index (κ1) is 27.4. The average molecular weight is 523 g/mol. The molecule has 3 aromatic carbocycles. The van der Waals surface area contributed by atoms with Gasteiger partial charge < -0.3 is 16.0 Å². The Morgan fingerprint density at radius 2 is 1.67 bits per heavy atom. The van der Waals surface area contributed by atoms with E-state index in [1.165, 1.54) is 10.5 Å². The van der Waals surface area contributed by atoms with Gasteiger partial charge in [0.1, 0.15) is 5.54 Å². The van der Waals surface area contributed by atoms with E-state index in [9.17, 15) is 9.59 Å². The molecule has 1 aliphatic rings. The highest BCUT2D eigenvalue weighted by Crippen LogP contribution is 2.31. The van der Waals surface area contributed by atoms with Crippen LogP contribution in [0, 0.1) is 22.7 Å². The highest BCUT2D eigenvalue weighted by Gasteiger charge is 2.49. The summed E-state index contributed by atoms with van der Waals surface area (Å²) in [5.74, 6) is 0.382. The molecule has 4 N–H and O–H groups in total. The fraction of sp³-hybridized carbons (Fsp3) is 0.290. The molecule has 200 valence electrons. The fourth-order valence-corrected chi connectivity index (χ4v) is 4.90. The van der Waals surface area contributed by atoms with Gasteiger partial charge in [-0.15, -0.1) is 0 Å². The zero-order valence-corrected chi connectivity index (χ0v) is 22.3. The van der Waals surface area contributed by atoms with Gasteiger partial charge in [-0.3, -0.25) is 15.1 Å². The smallest absolute Gasteiger partial charge is 0.319 e. The number of amides is 3. The lowest BCUT2D eigenvalue weighted by atomic mass is 9.83. The van der Waals surface area contributed by atoms with Gasteiger partial charge in [-0.2, -0.15) is 5.26 Å². The van der Waals surface area contributed by atoms with Crippen LogP contribution in [0.4, 0.5) is 10.5 Å². The Balaban J connectivity index is 1.34. The minimum absolute atomic E-state index is 0.0534. The molecule has 4 rings (SSSR count). The Morgan fingerprint density at radius 1 is 1.00 bits per heavy atom. The molecule has 0 saturated carbocycles. The van der Waals surface area contributed by atoms with Gasteiger partial charge in [-0.05, 0) is 66.1 Å². The second kappa shape index (κ2) is 12.3. The average Bonchev–Trinajstić information content (AvgIpc) is 3.16. The normalized spacial score (nSPS) is 16.6. The summed E-state index contributed by atoms with van der Waals surface area (Å²) in [7, 11) is 0. The molecule has 39 heavy (non-hydrogen) atoms. The molecule has 0 aliphatic carbocycles. The lowest BCUT2D eigenvalue weighted by Crippen LogP contribution is -2.48. The molecule has 3 amide bonds. The van der Waals surface area contributed by atoms with Crippen LogP contribution in [0.25, 0.3) is 0 Å². The van der Waals surface area contributed by atoms with Gasteiger partial charge in [0.2, 0.25) is 0 Å². The summed E-state index contributed by atoms with van der Waals surface area (Å²) in [4.78, 5) is 27.4. The monoisotopic (exact) mass is 522 g/mol. The predicted molar refractivity (Wildman–Crippen MR) is 152 cm³/mol. The molecule has 1 unspecified atom stereocenters. The molecule has 0 spiro atoms. The van der Waals surface area contributed by atoms with Crippen LogP contribution in [0.5, 0.6) is 0 Å². The number of rotatable bonds is 10. The maximum Gasteiger partial charge on any atom is 0.319 e. The van der Waals surface area contributed by atoms with Crippen LogP contribution >= 0.6 is 0 Å². The van der Waals surface area contributed by atoms with Gasteiger partial charge in [0.05, 0.1) is 18.2 Å². The summed E-state index contributed by atoms with van der Waals surface area (Å²) in [6.07, 6.45) is 2.04. The molecule has 0 aromatic heterocycles. The molecule has 3 aromatic rings. The number of urea groups is 1. The summed E-state index contributed by atoms with van der Waals surface area (Å²) in [5, 5.41) is 26.2. The molecule has 1 atom stereocenters. The lowest BCUT2D eigenvalue weighted by Gasteiger charge is -2.29. The Kier molecular flexibility index (Phi) is 8.62. The topological polar surface area (TPSA) is 121 Å². The van der Waals surface area contributed by atoms with Gasteiger partial charge in [-0.25, -0.2) is 4.79 Å². The van der Waals surface area contributed by atoms with E-state index in [2.05, 4.69) is 41.9 Å². The van der Waals surface area contributed by atoms with E-state index >= 15 is 0 Å². The van der Waals surface area contributed by atoms with Gasteiger partial charge >= 0.3 is 6.03 Å². The molecule has 0 bridgehead atoms. The van der Waals surface area contributed by atoms with E-state index in [1.807, 2.05) is 48.5 Å². The first-order chi connectivity index (χ1) is 18.8. The minimum atomic E-state index is -0.784. The summed E-state index contributed by atoms with van der Waals surface area (Å²) < 4.78 is 0. The zero-order chi connectivity index (χ0) is 27.8. The molecule has 8 nitrogen and oxygen atoms in total. The number of hydrogen-bond acceptors (Lipinski definition) is 4. The SMILES string of the molecule is CC(C)CC1(CCc2ccccc2)NC(=N)N(Cc2ccc(CNC(=O)Nc3ccc(C#N)cc3)cc2)C1=O. The molecule has 0 radical (unpaired) electrons. The largest absolute Gasteiger partial charge is 0.342 e. The van der Waals surface area contributed by atoms with Crippen LogP contribution < -0.4 is 16.0 Å². The maximum atomic E-state index is 13.7. The number of aryl methyl sites for hydroxylation is 1. The number of nitrogens with zero attached hydrogens (tertiary/aromatic N) is 2. The van der Waals surface area contributed by atoms with Crippen LogP contribution in [0.3, 0.4) is 0 Å². The van der Waals surface area contributed by atoms with Gasteiger partial charge in [0.15, 0.2) is 5.96 Å². The minimum Gasteiger partial charge on any atom is -0.342 e. The van der Waals surface area contributed by atoms with Crippen molar-refractivity contribution >= 4 is 23.6 Å². The van der Waals surface area contributed by atoms with E-state index in [1.54, 1.807) is 24.3 Å². The molecule has 1 fully saturated rings. The van der Waals surface area contributed by atoms with Crippen molar-refractivity contribution < 1.29 is 9.59 Å². The fourth-order valence-electron chi connectivity index (χ4n) is 4.90. The third kappa shape index (κ3) is 7.02. The van der Waals surface area contributed by atoms with Crippen molar-refractivity contribution in [2.24, 2.45) is 5.92 Å². The highest BCUT2D eigenvalue weighted by atomic mass is 16.2. The summed E-state index contributed by atoms with van der Waals surface area (Å²) in [6.45, 7) is 4.84. The first-order valence-electron chi connectivity index (χ1n) is 13.1. The molecule has 1 saturated heterocycles. The van der Waals surface area contributed by atoms with E-state index in [4.69, 9.17) is 10.7 Å². The van der Waals surface area contributed by atoms with Crippen LogP contribution in [-0.2, 0) is 24.3 Å².